The zero-order valence-corrected chi connectivity index (χ0v) is 15.6. The van der Waals surface area contributed by atoms with Crippen molar-refractivity contribution in [3.05, 3.63) is 28.2 Å². The molecule has 0 heterocycles. The van der Waals surface area contributed by atoms with E-state index in [9.17, 15) is 0 Å². The van der Waals surface area contributed by atoms with E-state index in [0.717, 1.165) is 13.1 Å². The zero-order chi connectivity index (χ0) is 15.6. The maximum absolute atomic E-state index is 3.70. The van der Waals surface area contributed by atoms with E-state index in [1.54, 1.807) is 0 Å². The maximum Gasteiger partial charge on any atom is 0.0375 e. The van der Waals surface area contributed by atoms with Crippen molar-refractivity contribution >= 4 is 21.6 Å². The van der Waals surface area contributed by atoms with E-state index in [0.29, 0.717) is 5.41 Å². The second-order valence-electron chi connectivity index (χ2n) is 7.80. The molecule has 0 amide bonds. The molecule has 3 heteroatoms. The van der Waals surface area contributed by atoms with Crippen molar-refractivity contribution in [2.24, 2.45) is 5.41 Å². The highest BCUT2D eigenvalue weighted by Gasteiger charge is 2.15. The van der Waals surface area contributed by atoms with Gasteiger partial charge >= 0.3 is 0 Å². The number of halogens is 1. The van der Waals surface area contributed by atoms with Crippen LogP contribution in [0.15, 0.2) is 22.7 Å². The molecule has 1 N–H and O–H groups in total. The number of nitrogens with one attached hydrogen (secondary N) is 1. The average molecular weight is 341 g/mol. The zero-order valence-electron chi connectivity index (χ0n) is 14.0. The Kier molecular flexibility index (Phi) is 5.68. The van der Waals surface area contributed by atoms with Gasteiger partial charge in [0, 0.05) is 35.8 Å². The van der Waals surface area contributed by atoms with Gasteiger partial charge < -0.3 is 10.2 Å². The summed E-state index contributed by atoms with van der Waals surface area (Å²) in [7, 11) is 2.15. The number of anilines is 1. The summed E-state index contributed by atoms with van der Waals surface area (Å²) in [5.41, 5.74) is 2.99. The first kappa shape index (κ1) is 17.5. The number of hydrogen-bond donors (Lipinski definition) is 1. The van der Waals surface area contributed by atoms with E-state index in [4.69, 9.17) is 0 Å². The Morgan fingerprint density at radius 3 is 2.15 bits per heavy atom. The summed E-state index contributed by atoms with van der Waals surface area (Å²) in [6.45, 7) is 15.3. The molecule has 0 aliphatic heterocycles. The van der Waals surface area contributed by atoms with Crippen LogP contribution < -0.4 is 10.2 Å². The van der Waals surface area contributed by atoms with E-state index in [1.807, 2.05) is 0 Å². The molecule has 114 valence electrons. The van der Waals surface area contributed by atoms with Gasteiger partial charge in [0.2, 0.25) is 0 Å². The van der Waals surface area contributed by atoms with Crippen LogP contribution in [-0.4, -0.2) is 19.1 Å². The topological polar surface area (TPSA) is 15.3 Å². The number of hydrogen-bond acceptors (Lipinski definition) is 2. The highest BCUT2D eigenvalue weighted by atomic mass is 79.9. The van der Waals surface area contributed by atoms with Crippen LogP contribution >= 0.6 is 15.9 Å². The van der Waals surface area contributed by atoms with E-state index in [2.05, 4.69) is 92.9 Å². The molecule has 2 nitrogen and oxygen atoms in total. The fraction of sp³-hybridized carbons (Fsp3) is 0.647. The average Bonchev–Trinajstić information content (AvgIpc) is 2.23. The summed E-state index contributed by atoms with van der Waals surface area (Å²) in [6.07, 6.45) is 0. The molecule has 1 aromatic rings. The van der Waals surface area contributed by atoms with Crippen molar-refractivity contribution in [1.29, 1.82) is 0 Å². The van der Waals surface area contributed by atoms with E-state index >= 15 is 0 Å². The molecule has 1 aromatic carbocycles. The third-order valence-corrected chi connectivity index (χ3v) is 3.74. The largest absolute Gasteiger partial charge is 0.374 e. The quantitative estimate of drug-likeness (QED) is 0.845. The highest BCUT2D eigenvalue weighted by Crippen LogP contribution is 2.26. The Bertz CT molecular complexity index is 441. The standard InChI is InChI=1S/C17H29BrN2/c1-16(2,3)12-20(7)14-9-8-13(15(18)10-14)11-19-17(4,5)6/h8-10,19H,11-12H2,1-7H3. The van der Waals surface area contributed by atoms with Gasteiger partial charge in [-0.15, -0.1) is 0 Å². The van der Waals surface area contributed by atoms with Crippen molar-refractivity contribution in [1.82, 2.24) is 5.32 Å². The lowest BCUT2D eigenvalue weighted by Crippen LogP contribution is -2.35. The fourth-order valence-electron chi connectivity index (χ4n) is 2.08. The van der Waals surface area contributed by atoms with E-state index in [-0.39, 0.29) is 5.54 Å². The lowest BCUT2D eigenvalue weighted by molar-refractivity contribution is 0.418. The van der Waals surface area contributed by atoms with Gasteiger partial charge in [-0.3, -0.25) is 0 Å². The summed E-state index contributed by atoms with van der Waals surface area (Å²) in [4.78, 5) is 2.31. The third kappa shape index (κ3) is 6.27. The molecule has 0 aliphatic carbocycles. The molecule has 0 aliphatic rings. The molecule has 0 saturated heterocycles. The second-order valence-corrected chi connectivity index (χ2v) is 8.65. The minimum Gasteiger partial charge on any atom is -0.374 e. The van der Waals surface area contributed by atoms with Crippen LogP contribution in [-0.2, 0) is 6.54 Å². The third-order valence-electron chi connectivity index (χ3n) is 3.00. The van der Waals surface area contributed by atoms with Gasteiger partial charge in [-0.05, 0) is 43.9 Å². The number of rotatable bonds is 4. The van der Waals surface area contributed by atoms with Gasteiger partial charge in [0.05, 0.1) is 0 Å². The number of benzene rings is 1. The first-order valence-corrected chi connectivity index (χ1v) is 8.02. The molecule has 0 fully saturated rings. The van der Waals surface area contributed by atoms with Crippen LogP contribution in [0.4, 0.5) is 5.69 Å². The smallest absolute Gasteiger partial charge is 0.0375 e. The van der Waals surface area contributed by atoms with Gasteiger partial charge in [0.1, 0.15) is 0 Å². The van der Waals surface area contributed by atoms with E-state index in [1.165, 1.54) is 15.7 Å². The molecule has 0 atom stereocenters. The summed E-state index contributed by atoms with van der Waals surface area (Å²) in [6, 6.07) is 6.62. The highest BCUT2D eigenvalue weighted by molar-refractivity contribution is 9.10. The van der Waals surface area contributed by atoms with Gasteiger partial charge in [0.25, 0.3) is 0 Å². The summed E-state index contributed by atoms with van der Waals surface area (Å²) >= 11 is 3.70. The van der Waals surface area contributed by atoms with Crippen molar-refractivity contribution in [3.63, 3.8) is 0 Å². The van der Waals surface area contributed by atoms with Crippen LogP contribution in [0, 0.1) is 5.41 Å². The predicted octanol–water partition coefficient (Wildman–Crippen LogP) is 4.82. The second kappa shape index (κ2) is 6.48. The fourth-order valence-corrected chi connectivity index (χ4v) is 2.59. The SMILES string of the molecule is CN(CC(C)(C)C)c1ccc(CNC(C)(C)C)c(Br)c1. The Balaban J connectivity index is 2.77. The molecular formula is C17H29BrN2. The Morgan fingerprint density at radius 2 is 1.70 bits per heavy atom. The van der Waals surface area contributed by atoms with Gasteiger partial charge in [-0.1, -0.05) is 42.8 Å². The van der Waals surface area contributed by atoms with Crippen LogP contribution in [0.2, 0.25) is 0 Å². The molecular weight excluding hydrogens is 312 g/mol. The van der Waals surface area contributed by atoms with Crippen molar-refractivity contribution in [3.8, 4) is 0 Å². The number of nitrogens with zero attached hydrogens (tertiary/aromatic N) is 1. The van der Waals surface area contributed by atoms with Gasteiger partial charge in [-0.25, -0.2) is 0 Å². The molecule has 0 aromatic heterocycles. The summed E-state index contributed by atoms with van der Waals surface area (Å²) in [5.74, 6) is 0. The lowest BCUT2D eigenvalue weighted by Gasteiger charge is -2.29. The maximum atomic E-state index is 3.70. The molecule has 0 saturated carbocycles. The first-order chi connectivity index (χ1) is 8.98. The molecule has 0 bridgehead atoms. The summed E-state index contributed by atoms with van der Waals surface area (Å²) < 4.78 is 1.17. The summed E-state index contributed by atoms with van der Waals surface area (Å²) in [5, 5.41) is 3.52. The van der Waals surface area contributed by atoms with Crippen molar-refractivity contribution in [2.45, 2.75) is 53.6 Å². The van der Waals surface area contributed by atoms with Crippen LogP contribution in [0.25, 0.3) is 0 Å². The Labute approximate surface area is 133 Å². The first-order valence-electron chi connectivity index (χ1n) is 7.22. The Morgan fingerprint density at radius 1 is 1.10 bits per heavy atom. The Hall–Kier alpha value is -0.540. The van der Waals surface area contributed by atoms with Gasteiger partial charge in [0.15, 0.2) is 0 Å². The van der Waals surface area contributed by atoms with Crippen molar-refractivity contribution in [2.75, 3.05) is 18.5 Å². The van der Waals surface area contributed by atoms with Crippen LogP contribution in [0.5, 0.6) is 0 Å². The predicted molar refractivity (Wildman–Crippen MR) is 93.5 cm³/mol. The van der Waals surface area contributed by atoms with E-state index < -0.39 is 0 Å². The van der Waals surface area contributed by atoms with Crippen LogP contribution in [0.1, 0.15) is 47.1 Å². The van der Waals surface area contributed by atoms with Crippen LogP contribution in [0.3, 0.4) is 0 Å². The normalized spacial score (nSPS) is 12.6. The molecule has 0 spiro atoms. The van der Waals surface area contributed by atoms with Crippen molar-refractivity contribution < 1.29 is 0 Å². The lowest BCUT2D eigenvalue weighted by atomic mass is 9.96. The molecule has 0 radical (unpaired) electrons. The van der Waals surface area contributed by atoms with Gasteiger partial charge in [-0.2, -0.15) is 0 Å². The minimum absolute atomic E-state index is 0.140. The monoisotopic (exact) mass is 340 g/mol. The minimum atomic E-state index is 0.140. The molecule has 0 unspecified atom stereocenters. The molecule has 1 rings (SSSR count). The molecule has 20 heavy (non-hydrogen) atoms.